The summed E-state index contributed by atoms with van der Waals surface area (Å²) in [6, 6.07) is 12.7. The van der Waals surface area contributed by atoms with Gasteiger partial charge in [0.1, 0.15) is 17.6 Å². The molecule has 1 aliphatic rings. The molecule has 9 heteroatoms. The first-order valence-electron chi connectivity index (χ1n) is 9.89. The number of nitrogens with one attached hydrogen (secondary N) is 1. The average Bonchev–Trinajstić information content (AvgIpc) is 3.16. The maximum absolute atomic E-state index is 12.9. The Bertz CT molecular complexity index is 1340. The maximum atomic E-state index is 12.9. The number of aromatic nitrogens is 2. The highest BCUT2D eigenvalue weighted by Gasteiger charge is 2.18. The average molecular weight is 439 g/mol. The summed E-state index contributed by atoms with van der Waals surface area (Å²) in [5, 5.41) is 4.15. The van der Waals surface area contributed by atoms with Gasteiger partial charge in [-0.1, -0.05) is 23.7 Å². The molecule has 4 aromatic rings. The number of hydrogen-bond acceptors (Lipinski definition) is 6. The van der Waals surface area contributed by atoms with Crippen LogP contribution in [0.25, 0.3) is 22.1 Å². The standard InChI is InChI=1S/C22H19ClN4O4/c23-14-5-6-17(26-7-9-30-10-8-26)16(11-14)25-19(28)12-27-13-24-20-15-3-1-2-4-18(15)31-21(20)22(27)29/h1-6,11,13H,7-10,12H2,(H,25,28). The second kappa shape index (κ2) is 8.05. The third kappa shape index (κ3) is 3.75. The number of ether oxygens (including phenoxy) is 1. The molecule has 1 N–H and O–H groups in total. The summed E-state index contributed by atoms with van der Waals surface area (Å²) < 4.78 is 12.3. The van der Waals surface area contributed by atoms with E-state index in [1.807, 2.05) is 24.3 Å². The first kappa shape index (κ1) is 19.6. The molecule has 8 nitrogen and oxygen atoms in total. The van der Waals surface area contributed by atoms with Crippen molar-refractivity contribution in [1.82, 2.24) is 9.55 Å². The molecule has 0 atom stereocenters. The number of morpholine rings is 1. The second-order valence-corrected chi connectivity index (χ2v) is 7.70. The highest BCUT2D eigenvalue weighted by Crippen LogP contribution is 2.30. The van der Waals surface area contributed by atoms with Crippen LogP contribution in [0.4, 0.5) is 11.4 Å². The van der Waals surface area contributed by atoms with Gasteiger partial charge in [0.05, 0.1) is 30.9 Å². The molecule has 31 heavy (non-hydrogen) atoms. The summed E-state index contributed by atoms with van der Waals surface area (Å²) in [6.07, 6.45) is 1.37. The van der Waals surface area contributed by atoms with Gasteiger partial charge in [0.25, 0.3) is 5.56 Å². The monoisotopic (exact) mass is 438 g/mol. The minimum atomic E-state index is -0.407. The number of benzene rings is 2. The Balaban J connectivity index is 1.41. The number of carbonyl (C=O) groups excluding carboxylic acids is 1. The Morgan fingerprint density at radius 3 is 2.81 bits per heavy atom. The van der Waals surface area contributed by atoms with Gasteiger partial charge in [-0.3, -0.25) is 14.2 Å². The molecule has 0 aliphatic carbocycles. The van der Waals surface area contributed by atoms with Crippen molar-refractivity contribution in [2.24, 2.45) is 0 Å². The third-order valence-electron chi connectivity index (χ3n) is 5.25. The molecule has 158 valence electrons. The number of furan rings is 1. The van der Waals surface area contributed by atoms with Crippen molar-refractivity contribution >= 4 is 51.0 Å². The topological polar surface area (TPSA) is 89.6 Å². The zero-order valence-corrected chi connectivity index (χ0v) is 17.3. The van der Waals surface area contributed by atoms with Gasteiger partial charge in [0, 0.05) is 23.5 Å². The minimum absolute atomic E-state index is 0.133. The number of hydrogen-bond donors (Lipinski definition) is 1. The number of carbonyl (C=O) groups is 1. The number of para-hydroxylation sites is 1. The Labute approximate surface area is 182 Å². The van der Waals surface area contributed by atoms with Crippen molar-refractivity contribution in [3.8, 4) is 0 Å². The molecule has 1 amide bonds. The minimum Gasteiger partial charge on any atom is -0.448 e. The zero-order chi connectivity index (χ0) is 21.4. The van der Waals surface area contributed by atoms with Gasteiger partial charge in [-0.25, -0.2) is 4.98 Å². The zero-order valence-electron chi connectivity index (χ0n) is 16.5. The van der Waals surface area contributed by atoms with E-state index in [-0.39, 0.29) is 18.0 Å². The molecule has 3 heterocycles. The molecule has 2 aromatic carbocycles. The Hall–Kier alpha value is -3.36. The maximum Gasteiger partial charge on any atom is 0.297 e. The predicted molar refractivity (Wildman–Crippen MR) is 119 cm³/mol. The van der Waals surface area contributed by atoms with Gasteiger partial charge in [-0.2, -0.15) is 0 Å². The quantitative estimate of drug-likeness (QED) is 0.526. The van der Waals surface area contributed by atoms with Gasteiger partial charge in [-0.15, -0.1) is 0 Å². The first-order chi connectivity index (χ1) is 15.1. The summed E-state index contributed by atoms with van der Waals surface area (Å²) in [4.78, 5) is 32.1. The molecule has 0 spiro atoms. The smallest absolute Gasteiger partial charge is 0.297 e. The molecule has 0 unspecified atom stereocenters. The van der Waals surface area contributed by atoms with Gasteiger partial charge < -0.3 is 19.4 Å². The number of rotatable bonds is 4. The fourth-order valence-electron chi connectivity index (χ4n) is 3.76. The van der Waals surface area contributed by atoms with Crippen molar-refractivity contribution in [2.75, 3.05) is 36.5 Å². The van der Waals surface area contributed by atoms with Crippen LogP contribution in [0.1, 0.15) is 0 Å². The fourth-order valence-corrected chi connectivity index (χ4v) is 3.93. The SMILES string of the molecule is O=C(Cn1cnc2c(oc3ccccc32)c1=O)Nc1cc(Cl)ccc1N1CCOCC1. The van der Waals surface area contributed by atoms with Gasteiger partial charge in [0.15, 0.2) is 0 Å². The molecule has 1 fully saturated rings. The first-order valence-corrected chi connectivity index (χ1v) is 10.3. The summed E-state index contributed by atoms with van der Waals surface area (Å²) in [5.74, 6) is -0.365. The van der Waals surface area contributed by atoms with E-state index in [1.54, 1.807) is 18.2 Å². The highest BCUT2D eigenvalue weighted by molar-refractivity contribution is 6.31. The van der Waals surface area contributed by atoms with Crippen molar-refractivity contribution in [3.63, 3.8) is 0 Å². The largest absolute Gasteiger partial charge is 0.448 e. The van der Waals surface area contributed by atoms with E-state index in [0.29, 0.717) is 35.0 Å². The Morgan fingerprint density at radius 1 is 1.16 bits per heavy atom. The van der Waals surface area contributed by atoms with Crippen LogP contribution in [0.15, 0.2) is 58.0 Å². The molecule has 1 saturated heterocycles. The van der Waals surface area contributed by atoms with E-state index in [0.717, 1.165) is 24.2 Å². The van der Waals surface area contributed by atoms with E-state index in [2.05, 4.69) is 15.2 Å². The molecule has 1 aliphatic heterocycles. The Kier molecular flexibility index (Phi) is 5.09. The summed E-state index contributed by atoms with van der Waals surface area (Å²) in [6.45, 7) is 2.48. The lowest BCUT2D eigenvalue weighted by molar-refractivity contribution is -0.116. The lowest BCUT2D eigenvalue weighted by atomic mass is 10.2. The van der Waals surface area contributed by atoms with Crippen LogP contribution in [0.5, 0.6) is 0 Å². The third-order valence-corrected chi connectivity index (χ3v) is 5.48. The van der Waals surface area contributed by atoms with Crippen LogP contribution in [0.3, 0.4) is 0 Å². The summed E-state index contributed by atoms with van der Waals surface area (Å²) >= 11 is 6.16. The number of halogens is 1. The van der Waals surface area contributed by atoms with Gasteiger partial charge in [0.2, 0.25) is 11.5 Å². The molecular formula is C22H19ClN4O4. The van der Waals surface area contributed by atoms with Gasteiger partial charge >= 0.3 is 0 Å². The number of anilines is 2. The van der Waals surface area contributed by atoms with E-state index in [1.165, 1.54) is 10.9 Å². The lowest BCUT2D eigenvalue weighted by Gasteiger charge is -2.30. The van der Waals surface area contributed by atoms with Crippen molar-refractivity contribution in [1.29, 1.82) is 0 Å². The van der Waals surface area contributed by atoms with Crippen LogP contribution in [-0.4, -0.2) is 41.8 Å². The van der Waals surface area contributed by atoms with Crippen LogP contribution < -0.4 is 15.8 Å². The van der Waals surface area contributed by atoms with E-state index in [4.69, 9.17) is 20.8 Å². The van der Waals surface area contributed by atoms with Gasteiger partial charge in [-0.05, 0) is 30.3 Å². The predicted octanol–water partition coefficient (Wildman–Crippen LogP) is 3.27. The van der Waals surface area contributed by atoms with Crippen LogP contribution in [0, 0.1) is 0 Å². The number of fused-ring (bicyclic) bond motifs is 3. The van der Waals surface area contributed by atoms with Crippen LogP contribution in [0.2, 0.25) is 5.02 Å². The van der Waals surface area contributed by atoms with Crippen molar-refractivity contribution in [2.45, 2.75) is 6.54 Å². The van der Waals surface area contributed by atoms with E-state index in [9.17, 15) is 9.59 Å². The number of amides is 1. The summed E-state index contributed by atoms with van der Waals surface area (Å²) in [5.41, 5.74) is 2.24. The highest BCUT2D eigenvalue weighted by atomic mass is 35.5. The molecule has 2 aromatic heterocycles. The van der Waals surface area contributed by atoms with Crippen molar-refractivity contribution < 1.29 is 13.9 Å². The molecule has 0 bridgehead atoms. The number of nitrogens with zero attached hydrogens (tertiary/aromatic N) is 3. The second-order valence-electron chi connectivity index (χ2n) is 7.26. The molecule has 0 radical (unpaired) electrons. The Morgan fingerprint density at radius 2 is 1.97 bits per heavy atom. The van der Waals surface area contributed by atoms with Crippen LogP contribution >= 0.6 is 11.6 Å². The fraction of sp³-hybridized carbons (Fsp3) is 0.227. The lowest BCUT2D eigenvalue weighted by Crippen LogP contribution is -2.37. The summed E-state index contributed by atoms with van der Waals surface area (Å²) in [7, 11) is 0. The van der Waals surface area contributed by atoms with Crippen molar-refractivity contribution in [3.05, 3.63) is 64.2 Å². The molecule has 0 saturated carbocycles. The van der Waals surface area contributed by atoms with E-state index >= 15 is 0 Å². The van der Waals surface area contributed by atoms with E-state index < -0.39 is 5.56 Å². The molecular weight excluding hydrogens is 420 g/mol. The normalized spacial score (nSPS) is 14.3. The van der Waals surface area contributed by atoms with Crippen LogP contribution in [-0.2, 0) is 16.1 Å². The molecule has 5 rings (SSSR count).